The largest absolute Gasteiger partial charge is 0.493 e. The lowest BCUT2D eigenvalue weighted by atomic mass is 9.98. The molecule has 0 radical (unpaired) electrons. The lowest BCUT2D eigenvalue weighted by Crippen LogP contribution is -2.42. The number of piperidine rings is 1. The lowest BCUT2D eigenvalue weighted by molar-refractivity contribution is 0.0165. The molecular weight excluding hydrogens is 461 g/mol. The van der Waals surface area contributed by atoms with E-state index in [1.54, 1.807) is 30.0 Å². The number of alkyl halides is 1. The van der Waals surface area contributed by atoms with Crippen molar-refractivity contribution < 1.29 is 31.3 Å². The van der Waals surface area contributed by atoms with E-state index >= 15 is 0 Å². The van der Waals surface area contributed by atoms with Gasteiger partial charge >= 0.3 is 16.2 Å². The molecule has 0 N–H and O–H groups in total. The minimum atomic E-state index is -4.20. The summed E-state index contributed by atoms with van der Waals surface area (Å²) in [6.07, 6.45) is 1.26. The summed E-state index contributed by atoms with van der Waals surface area (Å²) in [4.78, 5) is 13.7. The molecule has 0 spiro atoms. The Morgan fingerprint density at radius 2 is 1.74 bits per heavy atom. The summed E-state index contributed by atoms with van der Waals surface area (Å²) in [5, 5.41) is 0. The van der Waals surface area contributed by atoms with E-state index in [1.165, 1.54) is 24.3 Å². The van der Waals surface area contributed by atoms with Gasteiger partial charge in [-0.05, 0) is 70.2 Å². The fourth-order valence-corrected chi connectivity index (χ4v) is 4.83. The molecule has 1 saturated heterocycles. The number of hydrogen-bond acceptors (Lipinski definition) is 6. The van der Waals surface area contributed by atoms with Gasteiger partial charge in [0.1, 0.15) is 28.7 Å². The van der Waals surface area contributed by atoms with Crippen LogP contribution in [-0.2, 0) is 21.5 Å². The second-order valence-electron chi connectivity index (χ2n) is 9.48. The molecule has 0 aliphatic carbocycles. The number of carbonyl (C=O) groups is 1. The minimum Gasteiger partial charge on any atom is -0.493 e. The first-order chi connectivity index (χ1) is 16.0. The van der Waals surface area contributed by atoms with Crippen molar-refractivity contribution in [2.24, 2.45) is 5.92 Å². The summed E-state index contributed by atoms with van der Waals surface area (Å²) in [6.45, 7) is 8.05. The van der Waals surface area contributed by atoms with Crippen molar-refractivity contribution in [2.45, 2.75) is 57.7 Å². The van der Waals surface area contributed by atoms with Crippen LogP contribution < -0.4 is 8.92 Å². The molecule has 7 nitrogen and oxygen atoms in total. The van der Waals surface area contributed by atoms with Crippen LogP contribution in [0.4, 0.5) is 9.18 Å². The third-order valence-corrected chi connectivity index (χ3v) is 6.72. The van der Waals surface area contributed by atoms with Gasteiger partial charge in [0.15, 0.2) is 0 Å². The molecule has 2 aromatic carbocycles. The number of likely N-dealkylation sites (tertiary alicyclic amines) is 1. The van der Waals surface area contributed by atoms with E-state index in [0.717, 1.165) is 18.4 Å². The summed E-state index contributed by atoms with van der Waals surface area (Å²) in [6, 6.07) is 10.7. The molecule has 1 aliphatic heterocycles. The van der Waals surface area contributed by atoms with Crippen LogP contribution in [0.5, 0.6) is 11.5 Å². The van der Waals surface area contributed by atoms with Crippen LogP contribution in [0.15, 0.2) is 47.4 Å². The first-order valence-electron chi connectivity index (χ1n) is 11.3. The Labute approximate surface area is 200 Å². The number of nitrogens with zero attached hydrogens (tertiary/aromatic N) is 1. The van der Waals surface area contributed by atoms with Crippen molar-refractivity contribution in [1.82, 2.24) is 4.90 Å². The standard InChI is InChI=1S/C25H32FNO6S/c1-18-13-21(31-17-19-9-11-27(12-10-19)24(28)32-25(2,3)4)15-22(14-18)33-34(29,30)23-8-6-5-7-20(23)16-26/h5-8,13-15,19H,9-12,16-17H2,1-4H3. The molecule has 9 heteroatoms. The van der Waals surface area contributed by atoms with Gasteiger partial charge in [0.25, 0.3) is 0 Å². The SMILES string of the molecule is Cc1cc(OCC2CCN(C(=O)OC(C)(C)C)CC2)cc(OS(=O)(=O)c2ccccc2CF)c1. The van der Waals surface area contributed by atoms with Gasteiger partial charge < -0.3 is 18.6 Å². The topological polar surface area (TPSA) is 82.1 Å². The average Bonchev–Trinajstić information content (AvgIpc) is 2.76. The van der Waals surface area contributed by atoms with Gasteiger partial charge in [-0.3, -0.25) is 0 Å². The van der Waals surface area contributed by atoms with Crippen molar-refractivity contribution in [3.63, 3.8) is 0 Å². The number of rotatable bonds is 7. The summed E-state index contributed by atoms with van der Waals surface area (Å²) >= 11 is 0. The maximum absolute atomic E-state index is 13.2. The Hall–Kier alpha value is -2.81. The summed E-state index contributed by atoms with van der Waals surface area (Å²) in [5.41, 5.74) is 0.286. The van der Waals surface area contributed by atoms with E-state index in [1.807, 2.05) is 20.8 Å². The van der Waals surface area contributed by atoms with Crippen LogP contribution >= 0.6 is 0 Å². The van der Waals surface area contributed by atoms with Crippen molar-refractivity contribution >= 4 is 16.2 Å². The summed E-state index contributed by atoms with van der Waals surface area (Å²) < 4.78 is 55.3. The van der Waals surface area contributed by atoms with E-state index < -0.39 is 22.4 Å². The maximum atomic E-state index is 13.2. The van der Waals surface area contributed by atoms with Crippen LogP contribution in [-0.4, -0.2) is 44.7 Å². The fourth-order valence-electron chi connectivity index (χ4n) is 3.70. The van der Waals surface area contributed by atoms with E-state index in [4.69, 9.17) is 13.7 Å². The second-order valence-corrected chi connectivity index (χ2v) is 11.0. The van der Waals surface area contributed by atoms with Gasteiger partial charge in [-0.25, -0.2) is 9.18 Å². The number of carbonyl (C=O) groups excluding carboxylic acids is 1. The second kappa shape index (κ2) is 10.6. The van der Waals surface area contributed by atoms with Gasteiger partial charge in [-0.15, -0.1) is 0 Å². The molecule has 0 bridgehead atoms. The Morgan fingerprint density at radius 3 is 2.38 bits per heavy atom. The number of halogens is 1. The molecule has 0 saturated carbocycles. The zero-order valence-electron chi connectivity index (χ0n) is 20.0. The monoisotopic (exact) mass is 493 g/mol. The molecule has 2 aromatic rings. The summed E-state index contributed by atoms with van der Waals surface area (Å²) in [5.74, 6) is 0.839. The molecule has 1 aliphatic rings. The van der Waals surface area contributed by atoms with Gasteiger partial charge in [0.05, 0.1) is 6.61 Å². The number of benzene rings is 2. The predicted molar refractivity (Wildman–Crippen MR) is 126 cm³/mol. The molecule has 1 fully saturated rings. The Balaban J connectivity index is 1.59. The van der Waals surface area contributed by atoms with Gasteiger partial charge in [0.2, 0.25) is 0 Å². The van der Waals surface area contributed by atoms with Crippen LogP contribution in [0.2, 0.25) is 0 Å². The highest BCUT2D eigenvalue weighted by atomic mass is 32.2. The number of ether oxygens (including phenoxy) is 2. The highest BCUT2D eigenvalue weighted by Gasteiger charge is 2.27. The number of amides is 1. The molecular formula is C25H32FNO6S. The number of aryl methyl sites for hydroxylation is 1. The fraction of sp³-hybridized carbons (Fsp3) is 0.480. The van der Waals surface area contributed by atoms with E-state index in [9.17, 15) is 17.6 Å². The molecule has 0 unspecified atom stereocenters. The predicted octanol–water partition coefficient (Wildman–Crippen LogP) is 5.26. The smallest absolute Gasteiger partial charge is 0.410 e. The van der Waals surface area contributed by atoms with Crippen molar-refractivity contribution in [2.75, 3.05) is 19.7 Å². The molecule has 0 atom stereocenters. The Bertz CT molecular complexity index is 1100. The normalized spacial score (nSPS) is 15.1. The zero-order chi connectivity index (χ0) is 24.9. The van der Waals surface area contributed by atoms with Gasteiger partial charge in [-0.1, -0.05) is 18.2 Å². The van der Waals surface area contributed by atoms with Crippen molar-refractivity contribution in [1.29, 1.82) is 0 Å². The first kappa shape index (κ1) is 25.8. The molecule has 1 amide bonds. The zero-order valence-corrected chi connectivity index (χ0v) is 20.9. The maximum Gasteiger partial charge on any atom is 0.410 e. The average molecular weight is 494 g/mol. The molecule has 186 valence electrons. The third-order valence-electron chi connectivity index (χ3n) is 5.37. The number of hydrogen-bond donors (Lipinski definition) is 0. The van der Waals surface area contributed by atoms with Crippen LogP contribution in [0.3, 0.4) is 0 Å². The molecule has 1 heterocycles. The molecule has 34 heavy (non-hydrogen) atoms. The summed E-state index contributed by atoms with van der Waals surface area (Å²) in [7, 11) is -4.20. The van der Waals surface area contributed by atoms with Crippen LogP contribution in [0.1, 0.15) is 44.7 Å². The molecule has 0 aromatic heterocycles. The Morgan fingerprint density at radius 1 is 1.09 bits per heavy atom. The van der Waals surface area contributed by atoms with Crippen LogP contribution in [0.25, 0.3) is 0 Å². The molecule has 3 rings (SSSR count). The van der Waals surface area contributed by atoms with Gasteiger partial charge in [-0.2, -0.15) is 8.42 Å². The van der Waals surface area contributed by atoms with E-state index in [-0.39, 0.29) is 28.2 Å². The third kappa shape index (κ3) is 7.09. The minimum absolute atomic E-state index is 0.0457. The van der Waals surface area contributed by atoms with Crippen LogP contribution in [0, 0.1) is 12.8 Å². The van der Waals surface area contributed by atoms with Crippen molar-refractivity contribution in [3.8, 4) is 11.5 Å². The highest BCUT2D eigenvalue weighted by molar-refractivity contribution is 7.87. The highest BCUT2D eigenvalue weighted by Crippen LogP contribution is 2.28. The quantitative estimate of drug-likeness (QED) is 0.490. The van der Waals surface area contributed by atoms with Gasteiger partial charge in [0, 0.05) is 24.7 Å². The van der Waals surface area contributed by atoms with E-state index in [0.29, 0.717) is 25.4 Å². The van der Waals surface area contributed by atoms with Crippen molar-refractivity contribution in [3.05, 3.63) is 53.6 Å². The first-order valence-corrected chi connectivity index (χ1v) is 12.7. The lowest BCUT2D eigenvalue weighted by Gasteiger charge is -2.33. The van der Waals surface area contributed by atoms with E-state index in [2.05, 4.69) is 0 Å². The Kier molecular flexibility index (Phi) is 8.07.